The summed E-state index contributed by atoms with van der Waals surface area (Å²) in [7, 11) is -3.39. The fourth-order valence-corrected chi connectivity index (χ4v) is 4.55. The molecule has 0 radical (unpaired) electrons. The molecular formula is C15H23BrN2O2S. The van der Waals surface area contributed by atoms with E-state index in [0.29, 0.717) is 23.9 Å². The van der Waals surface area contributed by atoms with E-state index in [1.165, 1.54) is 0 Å². The van der Waals surface area contributed by atoms with Crippen LogP contribution in [-0.2, 0) is 10.0 Å². The largest absolute Gasteiger partial charge is 0.316 e. The standard InChI is InChI=1S/C15H23BrN2O2S/c1-2-10-18(12-13-4-3-9-17-11-13)21(19,20)15-7-5-14(16)6-8-15/h5-8,13,17H,2-4,9-12H2,1H3. The molecular weight excluding hydrogens is 352 g/mol. The summed E-state index contributed by atoms with van der Waals surface area (Å²) in [5.74, 6) is 0.413. The Balaban J connectivity index is 2.16. The van der Waals surface area contributed by atoms with E-state index in [4.69, 9.17) is 0 Å². The summed E-state index contributed by atoms with van der Waals surface area (Å²) in [4.78, 5) is 0.378. The van der Waals surface area contributed by atoms with Crippen molar-refractivity contribution in [3.8, 4) is 0 Å². The minimum Gasteiger partial charge on any atom is -0.316 e. The molecule has 1 aromatic rings. The van der Waals surface area contributed by atoms with Crippen molar-refractivity contribution in [2.45, 2.75) is 31.1 Å². The first-order valence-corrected chi connectivity index (χ1v) is 9.73. The molecule has 0 amide bonds. The Kier molecular flexibility index (Phi) is 6.22. The smallest absolute Gasteiger partial charge is 0.243 e. The molecule has 0 saturated carbocycles. The van der Waals surface area contributed by atoms with E-state index in [-0.39, 0.29) is 0 Å². The third kappa shape index (κ3) is 4.52. The van der Waals surface area contributed by atoms with Gasteiger partial charge in [0, 0.05) is 17.6 Å². The molecule has 1 atom stereocenters. The second-order valence-electron chi connectivity index (χ2n) is 5.53. The van der Waals surface area contributed by atoms with Gasteiger partial charge in [-0.05, 0) is 62.5 Å². The minimum atomic E-state index is -3.39. The Morgan fingerprint density at radius 1 is 1.33 bits per heavy atom. The molecule has 1 fully saturated rings. The van der Waals surface area contributed by atoms with Crippen molar-refractivity contribution in [2.75, 3.05) is 26.2 Å². The molecule has 0 aromatic heterocycles. The number of hydrogen-bond acceptors (Lipinski definition) is 3. The summed E-state index contributed by atoms with van der Waals surface area (Å²) in [6.45, 7) is 5.16. The molecule has 2 rings (SSSR count). The van der Waals surface area contributed by atoms with Crippen LogP contribution in [0, 0.1) is 5.92 Å². The summed E-state index contributed by atoms with van der Waals surface area (Å²) in [5, 5.41) is 3.35. The Morgan fingerprint density at radius 2 is 2.05 bits per heavy atom. The summed E-state index contributed by atoms with van der Waals surface area (Å²) < 4.78 is 28.1. The van der Waals surface area contributed by atoms with Gasteiger partial charge in [-0.1, -0.05) is 22.9 Å². The zero-order chi connectivity index (χ0) is 15.3. The number of hydrogen-bond donors (Lipinski definition) is 1. The van der Waals surface area contributed by atoms with Crippen molar-refractivity contribution in [1.29, 1.82) is 0 Å². The van der Waals surface area contributed by atoms with Gasteiger partial charge in [0.1, 0.15) is 0 Å². The van der Waals surface area contributed by atoms with Crippen molar-refractivity contribution in [3.05, 3.63) is 28.7 Å². The molecule has 4 nitrogen and oxygen atoms in total. The zero-order valence-corrected chi connectivity index (χ0v) is 14.8. The van der Waals surface area contributed by atoms with Gasteiger partial charge >= 0.3 is 0 Å². The molecule has 1 aliphatic rings. The average molecular weight is 375 g/mol. The van der Waals surface area contributed by atoms with E-state index in [1.54, 1.807) is 28.6 Å². The van der Waals surface area contributed by atoms with Crippen LogP contribution in [0.4, 0.5) is 0 Å². The Hall–Kier alpha value is -0.430. The number of sulfonamides is 1. The minimum absolute atomic E-state index is 0.378. The fraction of sp³-hybridized carbons (Fsp3) is 0.600. The Morgan fingerprint density at radius 3 is 2.62 bits per heavy atom. The van der Waals surface area contributed by atoms with Gasteiger partial charge in [0.25, 0.3) is 0 Å². The first-order chi connectivity index (χ1) is 10.0. The molecule has 0 bridgehead atoms. The predicted octanol–water partition coefficient (Wildman–Crippen LogP) is 2.85. The topological polar surface area (TPSA) is 49.4 Å². The van der Waals surface area contributed by atoms with Crippen molar-refractivity contribution in [1.82, 2.24) is 9.62 Å². The molecule has 0 spiro atoms. The first-order valence-electron chi connectivity index (χ1n) is 7.50. The molecule has 0 aliphatic carbocycles. The van der Waals surface area contributed by atoms with Gasteiger partial charge in [0.05, 0.1) is 4.90 Å². The summed E-state index contributed by atoms with van der Waals surface area (Å²) in [6, 6.07) is 6.89. The number of rotatable bonds is 6. The maximum atomic E-state index is 12.8. The van der Waals surface area contributed by atoms with Crippen LogP contribution in [0.2, 0.25) is 0 Å². The maximum absolute atomic E-state index is 12.8. The average Bonchev–Trinajstić information content (AvgIpc) is 2.48. The normalized spacial score (nSPS) is 19.9. The van der Waals surface area contributed by atoms with Gasteiger partial charge < -0.3 is 5.32 Å². The van der Waals surface area contributed by atoms with Crippen molar-refractivity contribution in [2.24, 2.45) is 5.92 Å². The molecule has 21 heavy (non-hydrogen) atoms. The molecule has 1 heterocycles. The second-order valence-corrected chi connectivity index (χ2v) is 8.38. The molecule has 1 saturated heterocycles. The lowest BCUT2D eigenvalue weighted by atomic mass is 10.00. The number of benzene rings is 1. The van der Waals surface area contributed by atoms with Crippen molar-refractivity contribution in [3.63, 3.8) is 0 Å². The predicted molar refractivity (Wildman–Crippen MR) is 88.8 cm³/mol. The van der Waals surface area contributed by atoms with Crippen LogP contribution in [-0.4, -0.2) is 38.9 Å². The molecule has 6 heteroatoms. The van der Waals surface area contributed by atoms with Crippen molar-refractivity contribution < 1.29 is 8.42 Å². The summed E-state index contributed by atoms with van der Waals surface area (Å²) >= 11 is 3.34. The molecule has 1 aliphatic heterocycles. The van der Waals surface area contributed by atoms with Gasteiger partial charge in [-0.15, -0.1) is 0 Å². The summed E-state index contributed by atoms with van der Waals surface area (Å²) in [5.41, 5.74) is 0. The highest BCUT2D eigenvalue weighted by molar-refractivity contribution is 9.10. The number of nitrogens with zero attached hydrogens (tertiary/aromatic N) is 1. The van der Waals surface area contributed by atoms with E-state index >= 15 is 0 Å². The first kappa shape index (κ1) is 16.9. The third-order valence-corrected chi connectivity index (χ3v) is 6.19. The van der Waals surface area contributed by atoms with Crippen molar-refractivity contribution >= 4 is 26.0 Å². The van der Waals surface area contributed by atoms with Crippen LogP contribution in [0.1, 0.15) is 26.2 Å². The van der Waals surface area contributed by atoms with Gasteiger partial charge in [-0.3, -0.25) is 0 Å². The van der Waals surface area contributed by atoms with E-state index in [2.05, 4.69) is 21.2 Å². The van der Waals surface area contributed by atoms with Crippen LogP contribution >= 0.6 is 15.9 Å². The Labute approximate surface area is 136 Å². The van der Waals surface area contributed by atoms with E-state index in [1.807, 2.05) is 6.92 Å². The SMILES string of the molecule is CCCN(CC1CCCNC1)S(=O)(=O)c1ccc(Br)cc1. The lowest BCUT2D eigenvalue weighted by molar-refractivity contribution is 0.291. The number of piperidine rings is 1. The lowest BCUT2D eigenvalue weighted by Gasteiger charge is -2.29. The van der Waals surface area contributed by atoms with Crippen LogP contribution in [0.5, 0.6) is 0 Å². The van der Waals surface area contributed by atoms with Gasteiger partial charge in [0.15, 0.2) is 0 Å². The van der Waals surface area contributed by atoms with Crippen LogP contribution in [0.15, 0.2) is 33.6 Å². The van der Waals surface area contributed by atoms with E-state index < -0.39 is 10.0 Å². The van der Waals surface area contributed by atoms with E-state index in [0.717, 1.165) is 36.8 Å². The highest BCUT2D eigenvalue weighted by Gasteiger charge is 2.27. The summed E-state index contributed by atoms with van der Waals surface area (Å²) in [6.07, 6.45) is 3.06. The second kappa shape index (κ2) is 7.72. The molecule has 1 unspecified atom stereocenters. The number of nitrogens with one attached hydrogen (secondary N) is 1. The highest BCUT2D eigenvalue weighted by Crippen LogP contribution is 2.21. The Bertz CT molecular complexity index is 539. The number of halogens is 1. The molecule has 118 valence electrons. The highest BCUT2D eigenvalue weighted by atomic mass is 79.9. The molecule has 1 aromatic carbocycles. The maximum Gasteiger partial charge on any atom is 0.243 e. The van der Waals surface area contributed by atoms with Crippen LogP contribution < -0.4 is 5.32 Å². The quantitative estimate of drug-likeness (QED) is 0.832. The van der Waals surface area contributed by atoms with Gasteiger partial charge in [-0.2, -0.15) is 4.31 Å². The third-order valence-electron chi connectivity index (χ3n) is 3.79. The molecule has 1 N–H and O–H groups in total. The van der Waals surface area contributed by atoms with E-state index in [9.17, 15) is 8.42 Å². The lowest BCUT2D eigenvalue weighted by Crippen LogP contribution is -2.41. The van der Waals surface area contributed by atoms with Crippen LogP contribution in [0.25, 0.3) is 0 Å². The van der Waals surface area contributed by atoms with Gasteiger partial charge in [-0.25, -0.2) is 8.42 Å². The fourth-order valence-electron chi connectivity index (χ4n) is 2.68. The van der Waals surface area contributed by atoms with Gasteiger partial charge in [0.2, 0.25) is 10.0 Å². The zero-order valence-electron chi connectivity index (χ0n) is 12.4. The monoisotopic (exact) mass is 374 g/mol. The van der Waals surface area contributed by atoms with Crippen LogP contribution in [0.3, 0.4) is 0 Å².